The summed E-state index contributed by atoms with van der Waals surface area (Å²) in [4.78, 5) is 48.8. The van der Waals surface area contributed by atoms with Crippen LogP contribution in [0.2, 0.25) is 0 Å². The molecule has 34 heavy (non-hydrogen) atoms. The van der Waals surface area contributed by atoms with Crippen molar-refractivity contribution < 1.29 is 19.5 Å². The van der Waals surface area contributed by atoms with Crippen LogP contribution in [0.25, 0.3) is 0 Å². The summed E-state index contributed by atoms with van der Waals surface area (Å²) in [6, 6.07) is 0.501. The van der Waals surface area contributed by atoms with Gasteiger partial charge >= 0.3 is 5.97 Å². The molecule has 2 amide bonds. The quantitative estimate of drug-likeness (QED) is 0.600. The Labute approximate surface area is 202 Å². The van der Waals surface area contributed by atoms with Gasteiger partial charge in [0.15, 0.2) is 0 Å². The van der Waals surface area contributed by atoms with E-state index in [1.165, 1.54) is 6.07 Å². The molecule has 0 bridgehead atoms. The minimum atomic E-state index is -1.07. The van der Waals surface area contributed by atoms with Crippen molar-refractivity contribution in [1.82, 2.24) is 25.5 Å². The Balaban J connectivity index is 1.72. The number of hydrogen-bond donors (Lipinski definition) is 3. The molecule has 0 unspecified atom stereocenters. The summed E-state index contributed by atoms with van der Waals surface area (Å²) in [7, 11) is 0. The van der Waals surface area contributed by atoms with Crippen LogP contribution in [0.3, 0.4) is 0 Å². The van der Waals surface area contributed by atoms with E-state index >= 15 is 0 Å². The fourth-order valence-electron chi connectivity index (χ4n) is 5.12. The topological polar surface area (TPSA) is 125 Å². The van der Waals surface area contributed by atoms with Crippen LogP contribution in [0.4, 0.5) is 0 Å². The standard InChI is InChI=1S/C25H39N5O4/c1-23(2,3)21-26-12-10-16(28-21)19(31)27-17-11-13-30(20(17)32)18-9-8-15(29-24(4,5)6)14-25(18,7)22(33)34/h10,12,15,17-18,29H,8-9,11,13-14H2,1-7H3,(H,27,31)(H,33,34)/t15-,17+,18+,25-/m1/s1. The highest BCUT2D eigenvalue weighted by Crippen LogP contribution is 2.41. The number of likely N-dealkylation sites (tertiary alicyclic amines) is 1. The molecule has 1 saturated carbocycles. The van der Waals surface area contributed by atoms with E-state index in [0.29, 0.717) is 31.6 Å². The van der Waals surface area contributed by atoms with Gasteiger partial charge in [-0.15, -0.1) is 0 Å². The van der Waals surface area contributed by atoms with E-state index < -0.39 is 29.4 Å². The molecule has 0 spiro atoms. The second kappa shape index (κ2) is 9.24. The van der Waals surface area contributed by atoms with E-state index in [9.17, 15) is 19.5 Å². The largest absolute Gasteiger partial charge is 0.481 e. The van der Waals surface area contributed by atoms with Crippen LogP contribution < -0.4 is 10.6 Å². The summed E-state index contributed by atoms with van der Waals surface area (Å²) in [5, 5.41) is 16.5. The Morgan fingerprint density at radius 1 is 1.15 bits per heavy atom. The van der Waals surface area contributed by atoms with Gasteiger partial charge in [0.05, 0.1) is 5.41 Å². The van der Waals surface area contributed by atoms with Crippen molar-refractivity contribution in [3.05, 3.63) is 23.8 Å². The Morgan fingerprint density at radius 3 is 2.41 bits per heavy atom. The average molecular weight is 474 g/mol. The van der Waals surface area contributed by atoms with Crippen LogP contribution in [0.1, 0.15) is 90.5 Å². The van der Waals surface area contributed by atoms with Gasteiger partial charge in [-0.25, -0.2) is 9.97 Å². The Bertz CT molecular complexity index is 951. The fraction of sp³-hybridized carbons (Fsp3) is 0.720. The third kappa shape index (κ3) is 5.56. The van der Waals surface area contributed by atoms with Gasteiger partial charge in [0.2, 0.25) is 5.91 Å². The zero-order valence-electron chi connectivity index (χ0n) is 21.4. The molecule has 1 aromatic rings. The molecule has 9 heteroatoms. The first-order chi connectivity index (χ1) is 15.6. The number of aliphatic carboxylic acids is 1. The smallest absolute Gasteiger partial charge is 0.311 e. The highest BCUT2D eigenvalue weighted by atomic mass is 16.4. The van der Waals surface area contributed by atoms with Gasteiger partial charge in [-0.1, -0.05) is 20.8 Å². The summed E-state index contributed by atoms with van der Waals surface area (Å²) in [6.45, 7) is 14.3. The lowest BCUT2D eigenvalue weighted by Crippen LogP contribution is -2.59. The van der Waals surface area contributed by atoms with Crippen molar-refractivity contribution in [2.45, 2.75) is 103 Å². The first-order valence-electron chi connectivity index (χ1n) is 12.1. The highest BCUT2D eigenvalue weighted by molar-refractivity contribution is 5.97. The van der Waals surface area contributed by atoms with Crippen LogP contribution in [-0.4, -0.2) is 68.0 Å². The monoisotopic (exact) mass is 473 g/mol. The Hall–Kier alpha value is -2.55. The number of carboxylic acids is 1. The normalized spacial score (nSPS) is 28.1. The van der Waals surface area contributed by atoms with Gasteiger partial charge in [-0.2, -0.15) is 0 Å². The van der Waals surface area contributed by atoms with E-state index in [2.05, 4.69) is 41.4 Å². The third-order valence-corrected chi connectivity index (χ3v) is 6.80. The van der Waals surface area contributed by atoms with Crippen molar-refractivity contribution in [1.29, 1.82) is 0 Å². The summed E-state index contributed by atoms with van der Waals surface area (Å²) < 4.78 is 0. The third-order valence-electron chi connectivity index (χ3n) is 6.80. The number of aromatic nitrogens is 2. The fourth-order valence-corrected chi connectivity index (χ4v) is 5.12. The maximum absolute atomic E-state index is 13.3. The van der Waals surface area contributed by atoms with Crippen molar-refractivity contribution in [3.8, 4) is 0 Å². The number of hydrogen-bond acceptors (Lipinski definition) is 6. The van der Waals surface area contributed by atoms with Gasteiger partial charge in [0, 0.05) is 35.8 Å². The van der Waals surface area contributed by atoms with Crippen LogP contribution in [0.5, 0.6) is 0 Å². The van der Waals surface area contributed by atoms with Crippen molar-refractivity contribution in [2.24, 2.45) is 5.41 Å². The highest BCUT2D eigenvalue weighted by Gasteiger charge is 2.52. The van der Waals surface area contributed by atoms with E-state index in [0.717, 1.165) is 6.42 Å². The average Bonchev–Trinajstić information content (AvgIpc) is 3.06. The summed E-state index contributed by atoms with van der Waals surface area (Å²) in [5.41, 5.74) is -1.28. The number of carbonyl (C=O) groups excluding carboxylic acids is 2. The van der Waals surface area contributed by atoms with Gasteiger partial charge in [0.25, 0.3) is 5.91 Å². The number of nitrogens with zero attached hydrogens (tertiary/aromatic N) is 3. The molecular formula is C25H39N5O4. The molecule has 9 nitrogen and oxygen atoms in total. The number of carboxylic acid groups (broad SMARTS) is 1. The maximum atomic E-state index is 13.3. The van der Waals surface area contributed by atoms with Crippen molar-refractivity contribution in [3.63, 3.8) is 0 Å². The predicted octanol–water partition coefficient (Wildman–Crippen LogP) is 2.50. The van der Waals surface area contributed by atoms with Crippen LogP contribution in [-0.2, 0) is 15.0 Å². The molecule has 0 aromatic carbocycles. The number of carbonyl (C=O) groups is 3. The molecule has 2 fully saturated rings. The van der Waals surface area contributed by atoms with Crippen LogP contribution in [0.15, 0.2) is 12.3 Å². The van der Waals surface area contributed by atoms with Crippen LogP contribution in [0, 0.1) is 5.41 Å². The lowest BCUT2D eigenvalue weighted by Gasteiger charge is -2.47. The molecule has 1 aliphatic carbocycles. The Kier molecular flexibility index (Phi) is 7.09. The first kappa shape index (κ1) is 26.1. The molecule has 2 heterocycles. The number of rotatable bonds is 5. The van der Waals surface area contributed by atoms with E-state index in [4.69, 9.17) is 0 Å². The molecule has 1 aliphatic heterocycles. The summed E-state index contributed by atoms with van der Waals surface area (Å²) >= 11 is 0. The lowest BCUT2D eigenvalue weighted by molar-refractivity contribution is -0.158. The lowest BCUT2D eigenvalue weighted by atomic mass is 9.68. The number of amides is 2. The maximum Gasteiger partial charge on any atom is 0.311 e. The van der Waals surface area contributed by atoms with Gasteiger partial charge in [0.1, 0.15) is 17.6 Å². The van der Waals surface area contributed by atoms with Gasteiger partial charge in [-0.05, 0) is 59.4 Å². The molecule has 4 atom stereocenters. The molecule has 2 aliphatic rings. The van der Waals surface area contributed by atoms with Crippen molar-refractivity contribution in [2.75, 3.05) is 6.54 Å². The summed E-state index contributed by atoms with van der Waals surface area (Å²) in [6.07, 6.45) is 3.83. The second-order valence-electron chi connectivity index (χ2n) is 12.0. The second-order valence-corrected chi connectivity index (χ2v) is 12.0. The first-order valence-corrected chi connectivity index (χ1v) is 12.1. The summed E-state index contributed by atoms with van der Waals surface area (Å²) in [5.74, 6) is -0.989. The molecule has 0 radical (unpaired) electrons. The number of nitrogens with one attached hydrogen (secondary N) is 2. The van der Waals surface area contributed by atoms with E-state index in [-0.39, 0.29) is 28.6 Å². The van der Waals surface area contributed by atoms with Crippen molar-refractivity contribution >= 4 is 17.8 Å². The SMILES string of the molecule is CC(C)(C)N[C@@H]1CC[C@H](N2CC[C@H](NC(=O)c3ccnc(C(C)(C)C)n3)C2=O)[C@](C)(C(=O)O)C1. The van der Waals surface area contributed by atoms with Gasteiger partial charge < -0.3 is 20.6 Å². The van der Waals surface area contributed by atoms with E-state index in [1.54, 1.807) is 18.0 Å². The molecule has 1 aromatic heterocycles. The van der Waals surface area contributed by atoms with Gasteiger partial charge in [-0.3, -0.25) is 14.4 Å². The minimum Gasteiger partial charge on any atom is -0.481 e. The molecule has 3 rings (SSSR count). The zero-order chi connectivity index (χ0) is 25.5. The Morgan fingerprint density at radius 2 is 1.82 bits per heavy atom. The molecule has 3 N–H and O–H groups in total. The zero-order valence-corrected chi connectivity index (χ0v) is 21.4. The minimum absolute atomic E-state index is 0.0698. The predicted molar refractivity (Wildman–Crippen MR) is 128 cm³/mol. The van der Waals surface area contributed by atoms with Crippen LogP contribution >= 0.6 is 0 Å². The molecular weight excluding hydrogens is 434 g/mol. The molecule has 188 valence electrons. The molecule has 1 saturated heterocycles. The van der Waals surface area contributed by atoms with E-state index in [1.807, 2.05) is 20.8 Å².